The highest BCUT2D eigenvalue weighted by Crippen LogP contribution is 2.48. The van der Waals surface area contributed by atoms with Crippen LogP contribution in [0, 0.1) is 5.41 Å². The van der Waals surface area contributed by atoms with Crippen molar-refractivity contribution in [1.82, 2.24) is 0 Å². The van der Waals surface area contributed by atoms with Crippen LogP contribution in [0.3, 0.4) is 0 Å². The van der Waals surface area contributed by atoms with E-state index in [2.05, 4.69) is 110 Å². The van der Waals surface area contributed by atoms with Gasteiger partial charge in [-0.25, -0.2) is 4.58 Å². The quantitative estimate of drug-likeness (QED) is 0.407. The van der Waals surface area contributed by atoms with E-state index in [1.165, 1.54) is 22.4 Å². The Morgan fingerprint density at radius 3 is 2.61 bits per heavy atom. The molecular weight excluding hydrogens is 378 g/mol. The van der Waals surface area contributed by atoms with Crippen molar-refractivity contribution in [3.05, 3.63) is 84.7 Å². The Hall–Kier alpha value is -2.78. The fraction of sp³-hybridized carbons (Fsp3) is 0.357. The molecule has 1 aromatic carbocycles. The van der Waals surface area contributed by atoms with Gasteiger partial charge in [0.25, 0.3) is 0 Å². The van der Waals surface area contributed by atoms with Crippen molar-refractivity contribution in [1.29, 1.82) is 0 Å². The van der Waals surface area contributed by atoms with E-state index in [1.807, 2.05) is 6.92 Å². The molecule has 0 spiro atoms. The maximum Gasteiger partial charge on any atom is 0.218 e. The number of aromatic nitrogens is 1. The number of aryl methyl sites for hydroxylation is 1. The maximum atomic E-state index is 5.97. The van der Waals surface area contributed by atoms with Crippen LogP contribution < -0.4 is 10.3 Å². The van der Waals surface area contributed by atoms with Crippen LogP contribution in [0.15, 0.2) is 79.2 Å². The van der Waals surface area contributed by atoms with Crippen LogP contribution in [-0.4, -0.2) is 23.4 Å². The number of hydrogen-bond acceptors (Lipinski definition) is 1. The summed E-state index contributed by atoms with van der Waals surface area (Å²) in [4.78, 5) is 0. The Bertz CT molecular complexity index is 1050. The van der Waals surface area contributed by atoms with Crippen molar-refractivity contribution in [2.45, 2.75) is 52.5 Å². The van der Waals surface area contributed by atoms with Gasteiger partial charge in [-0.15, -0.1) is 0 Å². The summed E-state index contributed by atoms with van der Waals surface area (Å²) < 4.78 is 4.37. The first-order valence-electron chi connectivity index (χ1n) is 11.2. The topological polar surface area (TPSA) is 32.9 Å². The number of benzene rings is 1. The summed E-state index contributed by atoms with van der Waals surface area (Å²) in [6.45, 7) is 18.5. The van der Waals surface area contributed by atoms with Gasteiger partial charge in [-0.05, 0) is 64.0 Å². The van der Waals surface area contributed by atoms with Gasteiger partial charge < -0.3 is 5.73 Å². The van der Waals surface area contributed by atoms with Gasteiger partial charge in [0.1, 0.15) is 6.72 Å². The third-order valence-electron chi connectivity index (χ3n) is 7.38. The van der Waals surface area contributed by atoms with E-state index < -0.39 is 0 Å². The number of allylic oxidation sites excluding steroid dienone is 1. The standard InChI is InChI=1S/C28H37N3/c1-7-19-30(6)28(5)21-23(3)31-20-11-10-14-26(31)25-13-9-8-12-24(25)15-17-27(28,4)22(2)16-18-29/h7-14,16,19-20H,3,6,15,17-18,21,29H2,1-2,4-5H3/q+2/b19-7-,22-16+. The Morgan fingerprint density at radius 1 is 1.19 bits per heavy atom. The highest BCUT2D eigenvalue weighted by molar-refractivity contribution is 5.62. The molecule has 0 bridgehead atoms. The number of nitrogens with two attached hydrogens (primary N) is 1. The van der Waals surface area contributed by atoms with Gasteiger partial charge in [0, 0.05) is 31.2 Å². The zero-order valence-corrected chi connectivity index (χ0v) is 19.6. The van der Waals surface area contributed by atoms with E-state index in [9.17, 15) is 0 Å². The summed E-state index contributed by atoms with van der Waals surface area (Å²) in [5.74, 6) is 0. The van der Waals surface area contributed by atoms with Crippen LogP contribution in [0.5, 0.6) is 0 Å². The molecule has 0 aliphatic carbocycles. The minimum Gasteiger partial charge on any atom is -0.327 e. The SMILES string of the molecule is C=C1CC(C)([N+](=C)/C=C\C)C(C)(/C(C)=C/CN)CCc2ccccc2-c2cccc[n+]21. The lowest BCUT2D eigenvalue weighted by atomic mass is 9.62. The second-order valence-corrected chi connectivity index (χ2v) is 9.04. The van der Waals surface area contributed by atoms with Crippen LogP contribution in [-0.2, 0) is 6.42 Å². The molecule has 0 fully saturated rings. The predicted molar refractivity (Wildman–Crippen MR) is 132 cm³/mol. The molecule has 2 aromatic rings. The molecule has 3 nitrogen and oxygen atoms in total. The Balaban J connectivity index is 2.30. The number of pyridine rings is 1. The Kier molecular flexibility index (Phi) is 6.76. The second-order valence-electron chi connectivity index (χ2n) is 9.04. The zero-order valence-electron chi connectivity index (χ0n) is 19.6. The lowest BCUT2D eigenvalue weighted by Crippen LogP contribution is -2.54. The molecule has 162 valence electrons. The monoisotopic (exact) mass is 415 g/mol. The minimum absolute atomic E-state index is 0.156. The highest BCUT2D eigenvalue weighted by atomic mass is 15.1. The summed E-state index contributed by atoms with van der Waals surface area (Å²) in [6.07, 6.45) is 11.2. The lowest BCUT2D eigenvalue weighted by Gasteiger charge is -2.43. The normalized spacial score (nSPS) is 24.5. The molecule has 0 saturated heterocycles. The van der Waals surface area contributed by atoms with Crippen LogP contribution in [0.25, 0.3) is 17.0 Å². The van der Waals surface area contributed by atoms with Crippen LogP contribution in [0.2, 0.25) is 0 Å². The smallest absolute Gasteiger partial charge is 0.218 e. The number of fused-ring (bicyclic) bond motifs is 3. The molecule has 2 N–H and O–H groups in total. The molecule has 0 saturated carbocycles. The van der Waals surface area contributed by atoms with Crippen molar-refractivity contribution in [2.24, 2.45) is 11.1 Å². The highest BCUT2D eigenvalue weighted by Gasteiger charge is 2.54. The predicted octanol–water partition coefficient (Wildman–Crippen LogP) is 5.36. The third-order valence-corrected chi connectivity index (χ3v) is 7.38. The van der Waals surface area contributed by atoms with Gasteiger partial charge in [0.15, 0.2) is 23.6 Å². The second kappa shape index (κ2) is 9.15. The molecule has 2 unspecified atom stereocenters. The molecule has 1 aliphatic rings. The van der Waals surface area contributed by atoms with Gasteiger partial charge >= 0.3 is 0 Å². The van der Waals surface area contributed by atoms with Gasteiger partial charge in [0.05, 0.1) is 11.8 Å². The van der Waals surface area contributed by atoms with E-state index in [4.69, 9.17) is 5.73 Å². The zero-order chi connectivity index (χ0) is 22.6. The largest absolute Gasteiger partial charge is 0.327 e. The van der Waals surface area contributed by atoms with Crippen molar-refractivity contribution in [3.63, 3.8) is 0 Å². The Labute approximate surface area is 187 Å². The van der Waals surface area contributed by atoms with Crippen molar-refractivity contribution in [2.75, 3.05) is 6.54 Å². The summed E-state index contributed by atoms with van der Waals surface area (Å²) in [6, 6.07) is 15.1. The average molecular weight is 416 g/mol. The van der Waals surface area contributed by atoms with E-state index in [0.717, 1.165) is 25.0 Å². The summed E-state index contributed by atoms with van der Waals surface area (Å²) >= 11 is 0. The molecule has 3 heteroatoms. The van der Waals surface area contributed by atoms with Gasteiger partial charge in [-0.2, -0.15) is 4.57 Å². The van der Waals surface area contributed by atoms with Gasteiger partial charge in [-0.1, -0.05) is 29.8 Å². The van der Waals surface area contributed by atoms with Crippen LogP contribution in [0.4, 0.5) is 0 Å². The molecule has 3 rings (SSSR count). The minimum atomic E-state index is -0.293. The van der Waals surface area contributed by atoms with E-state index >= 15 is 0 Å². The molecule has 2 heterocycles. The summed E-state index contributed by atoms with van der Waals surface area (Å²) in [7, 11) is 0. The molecule has 0 amide bonds. The Morgan fingerprint density at radius 2 is 1.90 bits per heavy atom. The molecule has 0 radical (unpaired) electrons. The number of nitrogens with zero attached hydrogens (tertiary/aromatic N) is 2. The number of rotatable bonds is 4. The lowest BCUT2D eigenvalue weighted by molar-refractivity contribution is -0.591. The van der Waals surface area contributed by atoms with E-state index in [-0.39, 0.29) is 11.0 Å². The van der Waals surface area contributed by atoms with Crippen molar-refractivity contribution in [3.8, 4) is 11.3 Å². The van der Waals surface area contributed by atoms with Crippen LogP contribution in [0.1, 0.15) is 46.1 Å². The first kappa shape index (κ1) is 22.9. The first-order chi connectivity index (χ1) is 14.8. The van der Waals surface area contributed by atoms with E-state index in [0.29, 0.717) is 6.54 Å². The van der Waals surface area contributed by atoms with Crippen molar-refractivity contribution < 1.29 is 9.14 Å². The molecule has 31 heavy (non-hydrogen) atoms. The number of hydrogen-bond donors (Lipinski definition) is 1. The van der Waals surface area contributed by atoms with Crippen molar-refractivity contribution >= 4 is 12.4 Å². The van der Waals surface area contributed by atoms with Gasteiger partial charge in [-0.3, -0.25) is 0 Å². The summed E-state index contributed by atoms with van der Waals surface area (Å²) in [5, 5.41) is 0. The average Bonchev–Trinajstić information content (AvgIpc) is 2.77. The first-order valence-corrected chi connectivity index (χ1v) is 11.2. The fourth-order valence-electron chi connectivity index (χ4n) is 5.05. The summed E-state index contributed by atoms with van der Waals surface area (Å²) in [5.41, 5.74) is 11.7. The molecule has 2 atom stereocenters. The molecular formula is C28H37N3+2. The van der Waals surface area contributed by atoms with Gasteiger partial charge in [0.2, 0.25) is 5.69 Å². The third kappa shape index (κ3) is 4.07. The maximum absolute atomic E-state index is 5.97. The fourth-order valence-corrected chi connectivity index (χ4v) is 5.05. The van der Waals surface area contributed by atoms with Crippen LogP contribution >= 0.6 is 0 Å². The molecule has 1 aromatic heterocycles. The molecule has 1 aliphatic heterocycles. The van der Waals surface area contributed by atoms with E-state index in [1.54, 1.807) is 0 Å².